The minimum atomic E-state index is -0.259. The van der Waals surface area contributed by atoms with Crippen molar-refractivity contribution in [2.45, 2.75) is 45.2 Å². The lowest BCUT2D eigenvalue weighted by Crippen LogP contribution is -2.23. The number of benzene rings is 2. The Morgan fingerprint density at radius 1 is 1.21 bits per heavy atom. The van der Waals surface area contributed by atoms with Gasteiger partial charge in [-0.25, -0.2) is 4.98 Å². The number of rotatable bonds is 6. The van der Waals surface area contributed by atoms with Crippen molar-refractivity contribution in [3.63, 3.8) is 0 Å². The van der Waals surface area contributed by atoms with Gasteiger partial charge in [0.1, 0.15) is 5.82 Å². The lowest BCUT2D eigenvalue weighted by atomic mass is 10.1. The number of ether oxygens (including phenoxy) is 1. The van der Waals surface area contributed by atoms with Crippen molar-refractivity contribution < 1.29 is 9.53 Å². The van der Waals surface area contributed by atoms with Crippen LogP contribution in [0.3, 0.4) is 0 Å². The van der Waals surface area contributed by atoms with Crippen LogP contribution < -0.4 is 10.9 Å². The number of aromatic amines is 1. The number of hydrogen-bond acceptors (Lipinski definition) is 5. The zero-order valence-electron chi connectivity index (χ0n) is 19.1. The number of carbonyl (C=O) groups is 1. The first-order chi connectivity index (χ1) is 16.5. The van der Waals surface area contributed by atoms with Crippen molar-refractivity contribution in [3.8, 4) is 0 Å². The third-order valence-electron chi connectivity index (χ3n) is 6.34. The van der Waals surface area contributed by atoms with Crippen molar-refractivity contribution in [1.82, 2.24) is 19.1 Å². The molecule has 2 N–H and O–H groups in total. The standard InChI is InChI=1S/C25H27N5O3S/c1-33-13-5-12-30-24(32)18-9-7-16(14-19(18)28-25(30)34)23(31)26-17-8-10-21-20(15-17)27-22-6-3-2-4-11-29(21)22/h7-10,14-15H,2-6,11-13H2,1H3,(H,26,31)(H,28,34). The minimum Gasteiger partial charge on any atom is -0.385 e. The number of nitrogens with one attached hydrogen (secondary N) is 2. The molecule has 2 aromatic heterocycles. The number of H-pyrrole nitrogens is 1. The minimum absolute atomic E-state index is 0.174. The van der Waals surface area contributed by atoms with E-state index in [1.807, 2.05) is 18.2 Å². The third-order valence-corrected chi connectivity index (χ3v) is 6.66. The zero-order chi connectivity index (χ0) is 23.7. The first-order valence-electron chi connectivity index (χ1n) is 11.6. The second kappa shape index (κ2) is 9.52. The Labute approximate surface area is 201 Å². The number of carbonyl (C=O) groups excluding carboxylic acids is 1. The summed E-state index contributed by atoms with van der Waals surface area (Å²) in [7, 11) is 1.62. The molecule has 1 amide bonds. The predicted molar refractivity (Wildman–Crippen MR) is 135 cm³/mol. The normalized spacial score (nSPS) is 13.7. The highest BCUT2D eigenvalue weighted by Gasteiger charge is 2.15. The van der Waals surface area contributed by atoms with E-state index in [4.69, 9.17) is 21.9 Å². The lowest BCUT2D eigenvalue weighted by molar-refractivity contribution is 0.102. The van der Waals surface area contributed by atoms with Gasteiger partial charge < -0.3 is 19.6 Å². The fourth-order valence-electron chi connectivity index (χ4n) is 4.60. The second-order valence-electron chi connectivity index (χ2n) is 8.64. The molecular formula is C25H27N5O3S. The van der Waals surface area contributed by atoms with Crippen LogP contribution in [-0.4, -0.2) is 38.7 Å². The molecule has 5 rings (SSSR count). The Morgan fingerprint density at radius 2 is 2.09 bits per heavy atom. The highest BCUT2D eigenvalue weighted by Crippen LogP contribution is 2.25. The van der Waals surface area contributed by atoms with Crippen LogP contribution in [0.1, 0.15) is 41.9 Å². The fourth-order valence-corrected chi connectivity index (χ4v) is 4.88. The average molecular weight is 478 g/mol. The van der Waals surface area contributed by atoms with Crippen molar-refractivity contribution >= 4 is 45.7 Å². The number of nitrogens with zero attached hydrogens (tertiary/aromatic N) is 3. The number of imidazole rings is 1. The lowest BCUT2D eigenvalue weighted by Gasteiger charge is -2.10. The monoisotopic (exact) mass is 477 g/mol. The van der Waals surface area contributed by atoms with Gasteiger partial charge in [0, 0.05) is 44.5 Å². The Balaban J connectivity index is 1.40. The molecule has 34 heavy (non-hydrogen) atoms. The van der Waals surface area contributed by atoms with E-state index in [9.17, 15) is 9.59 Å². The molecule has 1 aliphatic heterocycles. The van der Waals surface area contributed by atoms with Gasteiger partial charge in [0.25, 0.3) is 11.5 Å². The number of aryl methyl sites for hydroxylation is 2. The van der Waals surface area contributed by atoms with Crippen molar-refractivity contribution in [2.75, 3.05) is 19.0 Å². The smallest absolute Gasteiger partial charge is 0.262 e. The van der Waals surface area contributed by atoms with E-state index in [-0.39, 0.29) is 11.5 Å². The summed E-state index contributed by atoms with van der Waals surface area (Å²) in [5.74, 6) is 0.860. The summed E-state index contributed by atoms with van der Waals surface area (Å²) in [4.78, 5) is 33.7. The van der Waals surface area contributed by atoms with Crippen molar-refractivity contribution in [1.29, 1.82) is 0 Å². The summed E-state index contributed by atoms with van der Waals surface area (Å²) in [6.45, 7) is 2.01. The molecule has 2 aromatic carbocycles. The second-order valence-corrected chi connectivity index (χ2v) is 9.03. The van der Waals surface area contributed by atoms with Crippen LogP contribution in [0.2, 0.25) is 0 Å². The van der Waals surface area contributed by atoms with Gasteiger partial charge in [-0.05, 0) is 67.9 Å². The molecular weight excluding hydrogens is 450 g/mol. The molecule has 1 aliphatic rings. The highest BCUT2D eigenvalue weighted by atomic mass is 32.1. The Bertz CT molecular complexity index is 1500. The topological polar surface area (TPSA) is 93.9 Å². The zero-order valence-corrected chi connectivity index (χ0v) is 19.9. The molecule has 0 unspecified atom stereocenters. The van der Waals surface area contributed by atoms with E-state index in [2.05, 4.69) is 14.9 Å². The maximum atomic E-state index is 13.0. The van der Waals surface area contributed by atoms with Crippen LogP contribution in [0.5, 0.6) is 0 Å². The number of amides is 1. The van der Waals surface area contributed by atoms with E-state index in [1.54, 1.807) is 25.3 Å². The molecule has 0 atom stereocenters. The average Bonchev–Trinajstić information content (AvgIpc) is 3.00. The quantitative estimate of drug-likeness (QED) is 0.317. The van der Waals surface area contributed by atoms with E-state index in [1.165, 1.54) is 17.4 Å². The Morgan fingerprint density at radius 3 is 2.94 bits per heavy atom. The number of methoxy groups -OCH3 is 1. The van der Waals surface area contributed by atoms with Gasteiger partial charge in [-0.15, -0.1) is 0 Å². The van der Waals surface area contributed by atoms with Crippen LogP contribution in [0.4, 0.5) is 5.69 Å². The summed E-state index contributed by atoms with van der Waals surface area (Å²) in [6.07, 6.45) is 5.24. The van der Waals surface area contributed by atoms with Gasteiger partial charge in [0.15, 0.2) is 4.77 Å². The molecule has 0 radical (unpaired) electrons. The van der Waals surface area contributed by atoms with Crippen LogP contribution in [0.15, 0.2) is 41.2 Å². The SMILES string of the molecule is COCCCn1c(=S)[nH]c2cc(C(=O)Nc3ccc4c(c3)nc3n4CCCCC3)ccc2c1=O. The molecule has 0 saturated carbocycles. The summed E-state index contributed by atoms with van der Waals surface area (Å²) >= 11 is 5.38. The predicted octanol–water partition coefficient (Wildman–Crippen LogP) is 4.42. The van der Waals surface area contributed by atoms with Gasteiger partial charge in [-0.2, -0.15) is 0 Å². The van der Waals surface area contributed by atoms with Crippen LogP contribution >= 0.6 is 12.2 Å². The van der Waals surface area contributed by atoms with Gasteiger partial charge in [-0.3, -0.25) is 14.2 Å². The molecule has 0 fully saturated rings. The van der Waals surface area contributed by atoms with Gasteiger partial charge in [0.2, 0.25) is 0 Å². The van der Waals surface area contributed by atoms with E-state index >= 15 is 0 Å². The molecule has 0 saturated heterocycles. The molecule has 0 aliphatic carbocycles. The first kappa shape index (κ1) is 22.5. The molecule has 4 aromatic rings. The first-order valence-corrected chi connectivity index (χ1v) is 12.0. The summed E-state index contributed by atoms with van der Waals surface area (Å²) in [5, 5.41) is 3.45. The number of fused-ring (bicyclic) bond motifs is 4. The Kier molecular flexibility index (Phi) is 6.30. The number of hydrogen-bond donors (Lipinski definition) is 2. The molecule has 0 bridgehead atoms. The van der Waals surface area contributed by atoms with Crippen LogP contribution in [0, 0.1) is 4.77 Å². The van der Waals surface area contributed by atoms with Gasteiger partial charge in [0.05, 0.1) is 21.9 Å². The molecule has 8 nitrogen and oxygen atoms in total. The van der Waals surface area contributed by atoms with E-state index in [0.717, 1.165) is 36.2 Å². The summed E-state index contributed by atoms with van der Waals surface area (Å²) < 4.78 is 9.21. The van der Waals surface area contributed by atoms with Crippen LogP contribution in [-0.2, 0) is 24.2 Å². The number of anilines is 1. The fraction of sp³-hybridized carbons (Fsp3) is 0.360. The van der Waals surface area contributed by atoms with Crippen LogP contribution in [0.25, 0.3) is 21.9 Å². The third kappa shape index (κ3) is 4.28. The maximum Gasteiger partial charge on any atom is 0.262 e. The maximum absolute atomic E-state index is 13.0. The van der Waals surface area contributed by atoms with Gasteiger partial charge >= 0.3 is 0 Å². The highest BCUT2D eigenvalue weighted by molar-refractivity contribution is 7.71. The Hall–Kier alpha value is -3.30. The molecule has 3 heterocycles. The largest absolute Gasteiger partial charge is 0.385 e. The van der Waals surface area contributed by atoms with Gasteiger partial charge in [-0.1, -0.05) is 6.42 Å². The van der Waals surface area contributed by atoms with E-state index < -0.39 is 0 Å². The summed E-state index contributed by atoms with van der Waals surface area (Å²) in [6, 6.07) is 10.8. The van der Waals surface area contributed by atoms with Crippen molar-refractivity contribution in [2.24, 2.45) is 0 Å². The molecule has 176 valence electrons. The summed E-state index contributed by atoms with van der Waals surface area (Å²) in [5.41, 5.74) is 3.50. The van der Waals surface area contributed by atoms with Crippen molar-refractivity contribution in [3.05, 3.63) is 62.9 Å². The molecule has 0 spiro atoms. The molecule has 9 heteroatoms. The number of aromatic nitrogens is 4. The van der Waals surface area contributed by atoms with E-state index in [0.29, 0.717) is 46.5 Å².